The molecule has 4 unspecified atom stereocenters. The Balaban J connectivity index is 4.72. The fraction of sp³-hybridized carbons (Fsp3) is 0.778. The fourth-order valence-corrected chi connectivity index (χ4v) is 2.50. The van der Waals surface area contributed by atoms with Crippen LogP contribution >= 0.6 is 7.60 Å². The Morgan fingerprint density at radius 3 is 2.32 bits per heavy atom. The minimum atomic E-state index is -4.21. The van der Waals surface area contributed by atoms with Crippen LogP contribution in [0.3, 0.4) is 0 Å². The zero-order chi connectivity index (χ0) is 15.2. The molecule has 9 nitrogen and oxygen atoms in total. The van der Waals surface area contributed by atoms with Crippen LogP contribution in [0.1, 0.15) is 20.3 Å². The lowest BCUT2D eigenvalue weighted by Gasteiger charge is -2.20. The third-order valence-corrected chi connectivity index (χ3v) is 3.62. The summed E-state index contributed by atoms with van der Waals surface area (Å²) in [6.07, 6.45) is -1.50. The van der Waals surface area contributed by atoms with Gasteiger partial charge < -0.3 is 26.8 Å². The first-order chi connectivity index (χ1) is 8.59. The first kappa shape index (κ1) is 18.0. The van der Waals surface area contributed by atoms with Crippen LogP contribution in [0.4, 0.5) is 0 Å². The van der Waals surface area contributed by atoms with Crippen LogP contribution in [0.5, 0.6) is 0 Å². The van der Waals surface area contributed by atoms with Gasteiger partial charge in [0.15, 0.2) is 0 Å². The molecular weight excluding hydrogens is 277 g/mol. The van der Waals surface area contributed by atoms with Crippen molar-refractivity contribution in [2.75, 3.05) is 6.16 Å². The normalized spacial score (nSPS) is 19.0. The van der Waals surface area contributed by atoms with Gasteiger partial charge in [0.05, 0.1) is 12.2 Å². The summed E-state index contributed by atoms with van der Waals surface area (Å²) in [5.41, 5.74) is 10.6. The average molecular weight is 297 g/mol. The van der Waals surface area contributed by atoms with Gasteiger partial charge in [0.1, 0.15) is 12.3 Å². The fourth-order valence-electron chi connectivity index (χ4n) is 1.18. The molecule has 0 rings (SSSR count). The maximum absolute atomic E-state index is 11.6. The Morgan fingerprint density at radius 1 is 1.42 bits per heavy atom. The molecule has 0 aliphatic rings. The molecule has 0 saturated heterocycles. The number of aliphatic carboxylic acids is 1. The van der Waals surface area contributed by atoms with E-state index in [1.165, 1.54) is 6.92 Å². The van der Waals surface area contributed by atoms with Gasteiger partial charge in [-0.1, -0.05) is 6.92 Å². The van der Waals surface area contributed by atoms with Gasteiger partial charge in [0, 0.05) is 0 Å². The zero-order valence-electron chi connectivity index (χ0n) is 10.8. The largest absolute Gasteiger partial charge is 0.480 e. The standard InChI is InChI=1S/C9H20N3O6P/c1-3-6(11)8(13)12-7(9(14)15)4-19(16,17)18-5(2)10/h5-7H,3-4,10-11H2,1-2H3,(H,12,13)(H,14,15)(H,16,17). The summed E-state index contributed by atoms with van der Waals surface area (Å²) in [6.45, 7) is 2.97. The molecule has 0 aliphatic carbocycles. The van der Waals surface area contributed by atoms with Crippen molar-refractivity contribution >= 4 is 19.5 Å². The second-order valence-corrected chi connectivity index (χ2v) is 5.90. The third kappa shape index (κ3) is 7.24. The highest BCUT2D eigenvalue weighted by molar-refractivity contribution is 7.52. The number of carbonyl (C=O) groups is 2. The number of carbonyl (C=O) groups excluding carboxylic acids is 1. The molecule has 0 radical (unpaired) electrons. The van der Waals surface area contributed by atoms with E-state index in [0.717, 1.165) is 0 Å². The molecule has 1 amide bonds. The van der Waals surface area contributed by atoms with Crippen LogP contribution in [0.2, 0.25) is 0 Å². The highest BCUT2D eigenvalue weighted by Gasteiger charge is 2.32. The van der Waals surface area contributed by atoms with Crippen molar-refractivity contribution in [2.24, 2.45) is 11.5 Å². The van der Waals surface area contributed by atoms with E-state index in [1.54, 1.807) is 6.92 Å². The van der Waals surface area contributed by atoms with Crippen LogP contribution in [0.25, 0.3) is 0 Å². The summed E-state index contributed by atoms with van der Waals surface area (Å²) in [5.74, 6) is -2.17. The predicted octanol–water partition coefficient (Wildman–Crippen LogP) is -1.20. The van der Waals surface area contributed by atoms with Gasteiger partial charge in [0.2, 0.25) is 5.91 Å². The highest BCUT2D eigenvalue weighted by Crippen LogP contribution is 2.43. The Bertz CT molecular complexity index is 375. The topological polar surface area (TPSA) is 165 Å². The molecule has 0 bridgehead atoms. The lowest BCUT2D eigenvalue weighted by molar-refractivity contribution is -0.141. The molecular formula is C9H20N3O6P. The molecule has 7 N–H and O–H groups in total. The molecule has 0 aromatic heterocycles. The number of rotatable bonds is 8. The minimum absolute atomic E-state index is 0.311. The molecule has 10 heteroatoms. The highest BCUT2D eigenvalue weighted by atomic mass is 31.2. The Kier molecular flexibility index (Phi) is 7.17. The Morgan fingerprint density at radius 2 is 1.95 bits per heavy atom. The number of carboxylic acid groups (broad SMARTS) is 1. The number of nitrogens with one attached hydrogen (secondary N) is 1. The van der Waals surface area contributed by atoms with E-state index in [0.29, 0.717) is 6.42 Å². The number of amides is 1. The van der Waals surface area contributed by atoms with Gasteiger partial charge in [-0.3, -0.25) is 13.9 Å². The predicted molar refractivity (Wildman–Crippen MR) is 67.3 cm³/mol. The van der Waals surface area contributed by atoms with Gasteiger partial charge in [-0.2, -0.15) is 0 Å². The summed E-state index contributed by atoms with van der Waals surface area (Å²) < 4.78 is 16.1. The van der Waals surface area contributed by atoms with E-state index in [4.69, 9.17) is 16.6 Å². The lowest BCUT2D eigenvalue weighted by Crippen LogP contribution is -2.49. The van der Waals surface area contributed by atoms with Crippen molar-refractivity contribution < 1.29 is 28.7 Å². The van der Waals surface area contributed by atoms with Crippen molar-refractivity contribution in [2.45, 2.75) is 38.6 Å². The van der Waals surface area contributed by atoms with Crippen molar-refractivity contribution in [1.82, 2.24) is 5.32 Å². The van der Waals surface area contributed by atoms with Gasteiger partial charge >= 0.3 is 13.6 Å². The van der Waals surface area contributed by atoms with Crippen LogP contribution in [-0.4, -0.2) is 46.3 Å². The Hall–Kier alpha value is -0.990. The Labute approximate surface area is 110 Å². The summed E-state index contributed by atoms with van der Waals surface area (Å²) in [5, 5.41) is 11.0. The van der Waals surface area contributed by atoms with Crippen molar-refractivity contribution in [1.29, 1.82) is 0 Å². The maximum Gasteiger partial charge on any atom is 0.332 e. The van der Waals surface area contributed by atoms with Crippen molar-refractivity contribution in [3.63, 3.8) is 0 Å². The monoisotopic (exact) mass is 297 g/mol. The van der Waals surface area contributed by atoms with Crippen molar-refractivity contribution in [3.8, 4) is 0 Å². The first-order valence-electron chi connectivity index (χ1n) is 5.63. The lowest BCUT2D eigenvalue weighted by atomic mass is 10.2. The molecule has 4 atom stereocenters. The number of carboxylic acids is 1. The molecule has 112 valence electrons. The number of hydrogen-bond acceptors (Lipinski definition) is 6. The molecule has 0 aromatic rings. The molecule has 0 saturated carbocycles. The number of hydrogen-bond donors (Lipinski definition) is 5. The zero-order valence-corrected chi connectivity index (χ0v) is 11.7. The first-order valence-corrected chi connectivity index (χ1v) is 7.40. The van der Waals surface area contributed by atoms with Crippen molar-refractivity contribution in [3.05, 3.63) is 0 Å². The van der Waals surface area contributed by atoms with E-state index in [1.807, 2.05) is 0 Å². The second-order valence-electron chi connectivity index (χ2n) is 4.04. The average Bonchev–Trinajstić information content (AvgIpc) is 2.24. The van der Waals surface area contributed by atoms with E-state index in [9.17, 15) is 19.0 Å². The summed E-state index contributed by atoms with van der Waals surface area (Å²) in [7, 11) is -4.21. The van der Waals surface area contributed by atoms with E-state index >= 15 is 0 Å². The molecule has 19 heavy (non-hydrogen) atoms. The summed E-state index contributed by atoms with van der Waals surface area (Å²) in [6, 6.07) is -2.45. The van der Waals surface area contributed by atoms with E-state index < -0.39 is 43.9 Å². The summed E-state index contributed by atoms with van der Waals surface area (Å²) >= 11 is 0. The smallest absolute Gasteiger partial charge is 0.332 e. The van der Waals surface area contributed by atoms with E-state index in [2.05, 4.69) is 9.84 Å². The maximum atomic E-state index is 11.6. The van der Waals surface area contributed by atoms with E-state index in [-0.39, 0.29) is 0 Å². The molecule has 0 fully saturated rings. The van der Waals surface area contributed by atoms with Crippen LogP contribution < -0.4 is 16.8 Å². The van der Waals surface area contributed by atoms with Gasteiger partial charge in [-0.25, -0.2) is 4.79 Å². The quantitative estimate of drug-likeness (QED) is 0.275. The third-order valence-electron chi connectivity index (χ3n) is 2.14. The summed E-state index contributed by atoms with van der Waals surface area (Å²) in [4.78, 5) is 31.8. The minimum Gasteiger partial charge on any atom is -0.480 e. The van der Waals surface area contributed by atoms with Gasteiger partial charge in [-0.05, 0) is 13.3 Å². The van der Waals surface area contributed by atoms with Crippen LogP contribution in [0.15, 0.2) is 0 Å². The molecule has 0 aliphatic heterocycles. The number of nitrogens with two attached hydrogens (primary N) is 2. The molecule has 0 spiro atoms. The molecule has 0 heterocycles. The second kappa shape index (κ2) is 7.56. The molecule has 0 aromatic carbocycles. The van der Waals surface area contributed by atoms with Gasteiger partial charge in [-0.15, -0.1) is 0 Å². The van der Waals surface area contributed by atoms with Crippen LogP contribution in [0, 0.1) is 0 Å². The SMILES string of the molecule is CCC(N)C(=O)NC(CP(=O)(O)OC(C)N)C(=O)O. The van der Waals surface area contributed by atoms with Crippen LogP contribution in [-0.2, 0) is 18.7 Å². The van der Waals surface area contributed by atoms with Gasteiger partial charge in [0.25, 0.3) is 0 Å².